The number of piperidine rings is 1. The highest BCUT2D eigenvalue weighted by Crippen LogP contribution is 2.36. The number of rotatable bonds is 3. The number of likely N-dealkylation sites (tertiary alicyclic amines) is 1. The Morgan fingerprint density at radius 2 is 2.00 bits per heavy atom. The third-order valence-corrected chi connectivity index (χ3v) is 7.15. The molecule has 7 nitrogen and oxygen atoms in total. The molecule has 28 heavy (non-hydrogen) atoms. The highest BCUT2D eigenvalue weighted by molar-refractivity contribution is 7.20. The van der Waals surface area contributed by atoms with Crippen LogP contribution in [0.25, 0.3) is 10.2 Å². The molecule has 1 aliphatic heterocycles. The molecule has 150 valence electrons. The van der Waals surface area contributed by atoms with Crippen molar-refractivity contribution in [2.24, 2.45) is 5.92 Å². The number of hydrogen-bond acceptors (Lipinski definition) is 6. The summed E-state index contributed by atoms with van der Waals surface area (Å²) in [6.07, 6.45) is 6.86. The minimum atomic E-state index is -0.531. The van der Waals surface area contributed by atoms with Gasteiger partial charge in [0.15, 0.2) is 0 Å². The molecule has 2 aromatic rings. The summed E-state index contributed by atoms with van der Waals surface area (Å²) in [5.41, 5.74) is 0.134. The lowest BCUT2D eigenvalue weighted by Crippen LogP contribution is -2.50. The predicted octanol–water partition coefficient (Wildman–Crippen LogP) is 2.80. The second-order valence-electron chi connectivity index (χ2n) is 7.75. The molecule has 8 heteroatoms. The molecular weight excluding hydrogens is 378 g/mol. The fourth-order valence-corrected chi connectivity index (χ4v) is 5.94. The summed E-state index contributed by atoms with van der Waals surface area (Å²) < 4.78 is 4.90. The summed E-state index contributed by atoms with van der Waals surface area (Å²) in [4.78, 5) is 47.9. The zero-order valence-electron chi connectivity index (χ0n) is 16.2. The van der Waals surface area contributed by atoms with Crippen LogP contribution in [0.5, 0.6) is 0 Å². The Kier molecular flexibility index (Phi) is 5.23. The molecule has 0 radical (unpaired) electrons. The number of ether oxygens (including phenoxy) is 1. The second-order valence-corrected chi connectivity index (χ2v) is 8.75. The van der Waals surface area contributed by atoms with Gasteiger partial charge in [0, 0.05) is 18.2 Å². The maximum absolute atomic E-state index is 13.3. The number of hydrogen-bond donors (Lipinski definition) is 1. The van der Waals surface area contributed by atoms with Crippen LogP contribution >= 0.6 is 11.3 Å². The SMILES string of the molecule is COC(=O)c1sc2nc(C)[nH]c(=O)c2c1CC(=O)N1CCC[C@H]2CCCC[C@H]21. The van der Waals surface area contributed by atoms with Gasteiger partial charge in [-0.1, -0.05) is 12.8 Å². The molecule has 2 aromatic heterocycles. The van der Waals surface area contributed by atoms with E-state index in [9.17, 15) is 14.4 Å². The summed E-state index contributed by atoms with van der Waals surface area (Å²) in [6, 6.07) is 0.292. The maximum Gasteiger partial charge on any atom is 0.348 e. The van der Waals surface area contributed by atoms with Crippen molar-refractivity contribution in [3.63, 3.8) is 0 Å². The van der Waals surface area contributed by atoms with E-state index in [1.807, 2.05) is 4.90 Å². The van der Waals surface area contributed by atoms with Gasteiger partial charge >= 0.3 is 5.97 Å². The molecule has 2 aliphatic rings. The standard InChI is InChI=1S/C20H25N3O4S/c1-11-21-18(25)16-13(17(20(26)27-2)28-19(16)22-11)10-15(24)23-9-5-7-12-6-3-4-8-14(12)23/h12,14H,3-10H2,1-2H3,(H,21,22,25)/t12-,14-/m1/s1. The van der Waals surface area contributed by atoms with Crippen molar-refractivity contribution in [1.82, 2.24) is 14.9 Å². The highest BCUT2D eigenvalue weighted by Gasteiger charge is 2.36. The molecule has 2 fully saturated rings. The first kappa shape index (κ1) is 19.1. The van der Waals surface area contributed by atoms with Gasteiger partial charge < -0.3 is 14.6 Å². The van der Waals surface area contributed by atoms with E-state index < -0.39 is 5.97 Å². The molecule has 0 bridgehead atoms. The van der Waals surface area contributed by atoms with Crippen LogP contribution in [-0.4, -0.2) is 46.4 Å². The lowest BCUT2D eigenvalue weighted by atomic mass is 9.78. The third-order valence-electron chi connectivity index (χ3n) is 6.04. The molecule has 1 amide bonds. The van der Waals surface area contributed by atoms with Crippen molar-refractivity contribution < 1.29 is 14.3 Å². The maximum atomic E-state index is 13.3. The van der Waals surface area contributed by atoms with Crippen LogP contribution in [0.4, 0.5) is 0 Å². The molecule has 4 rings (SSSR count). The van der Waals surface area contributed by atoms with Gasteiger partial charge in [-0.05, 0) is 38.5 Å². The van der Waals surface area contributed by atoms with Crippen LogP contribution < -0.4 is 5.56 Å². The van der Waals surface area contributed by atoms with Gasteiger partial charge in [-0.15, -0.1) is 11.3 Å². The van der Waals surface area contributed by atoms with Crippen molar-refractivity contribution in [2.45, 2.75) is 57.9 Å². The number of thiophene rings is 1. The molecule has 1 aliphatic carbocycles. The van der Waals surface area contributed by atoms with Gasteiger partial charge in [0.2, 0.25) is 5.91 Å². The number of esters is 1. The number of carbonyl (C=O) groups excluding carboxylic acids is 2. The Hall–Kier alpha value is -2.22. The molecule has 1 N–H and O–H groups in total. The quantitative estimate of drug-likeness (QED) is 0.796. The van der Waals surface area contributed by atoms with E-state index in [2.05, 4.69) is 9.97 Å². The summed E-state index contributed by atoms with van der Waals surface area (Å²) in [5.74, 6) is 0.519. The number of H-pyrrole nitrogens is 1. The van der Waals surface area contributed by atoms with Gasteiger partial charge in [-0.3, -0.25) is 9.59 Å². The summed E-state index contributed by atoms with van der Waals surface area (Å²) in [6.45, 7) is 2.45. The smallest absolute Gasteiger partial charge is 0.348 e. The van der Waals surface area contributed by atoms with E-state index in [0.29, 0.717) is 38.4 Å². The lowest BCUT2D eigenvalue weighted by Gasteiger charge is -2.44. The monoisotopic (exact) mass is 403 g/mol. The summed E-state index contributed by atoms with van der Waals surface area (Å²) in [7, 11) is 1.30. The van der Waals surface area contributed by atoms with Gasteiger partial charge in [-0.25, -0.2) is 9.78 Å². The average Bonchev–Trinajstić information content (AvgIpc) is 3.05. The van der Waals surface area contributed by atoms with Gasteiger partial charge in [0.1, 0.15) is 15.5 Å². The Morgan fingerprint density at radius 3 is 2.79 bits per heavy atom. The van der Waals surface area contributed by atoms with E-state index in [-0.39, 0.29) is 17.9 Å². The zero-order chi connectivity index (χ0) is 19.8. The summed E-state index contributed by atoms with van der Waals surface area (Å²) in [5, 5.41) is 0.335. The Labute approximate surface area is 167 Å². The Balaban J connectivity index is 1.71. The number of nitrogens with one attached hydrogen (secondary N) is 1. The van der Waals surface area contributed by atoms with E-state index in [0.717, 1.165) is 37.1 Å². The van der Waals surface area contributed by atoms with Gasteiger partial charge in [0.25, 0.3) is 5.56 Å². The lowest BCUT2D eigenvalue weighted by molar-refractivity contribution is -0.136. The second kappa shape index (κ2) is 7.66. The normalized spacial score (nSPS) is 22.1. The van der Waals surface area contributed by atoms with E-state index in [4.69, 9.17) is 4.74 Å². The summed E-state index contributed by atoms with van der Waals surface area (Å²) >= 11 is 1.12. The molecule has 0 aromatic carbocycles. The largest absolute Gasteiger partial charge is 0.465 e. The van der Waals surface area contributed by atoms with Crippen molar-refractivity contribution >= 4 is 33.4 Å². The number of aromatic amines is 1. The van der Waals surface area contributed by atoms with Crippen LogP contribution in [0.15, 0.2) is 4.79 Å². The molecule has 0 unspecified atom stereocenters. The predicted molar refractivity (Wildman–Crippen MR) is 107 cm³/mol. The third kappa shape index (κ3) is 3.34. The number of aryl methyl sites for hydroxylation is 1. The van der Waals surface area contributed by atoms with Gasteiger partial charge in [-0.2, -0.15) is 0 Å². The highest BCUT2D eigenvalue weighted by atomic mass is 32.1. The molecular formula is C20H25N3O4S. The molecule has 1 saturated heterocycles. The topological polar surface area (TPSA) is 92.4 Å². The van der Waals surface area contributed by atoms with E-state index >= 15 is 0 Å². The van der Waals surface area contributed by atoms with Crippen LogP contribution in [0.2, 0.25) is 0 Å². The first-order valence-electron chi connectivity index (χ1n) is 9.89. The van der Waals surface area contributed by atoms with Crippen molar-refractivity contribution in [1.29, 1.82) is 0 Å². The van der Waals surface area contributed by atoms with Crippen LogP contribution in [0, 0.1) is 12.8 Å². The number of methoxy groups -OCH3 is 1. The van der Waals surface area contributed by atoms with E-state index in [1.165, 1.54) is 26.4 Å². The first-order valence-corrected chi connectivity index (χ1v) is 10.7. The van der Waals surface area contributed by atoms with Crippen LogP contribution in [-0.2, 0) is 16.0 Å². The number of carbonyl (C=O) groups is 2. The fraction of sp³-hybridized carbons (Fsp3) is 0.600. The van der Waals surface area contributed by atoms with Crippen LogP contribution in [0.3, 0.4) is 0 Å². The number of nitrogens with zero attached hydrogens (tertiary/aromatic N) is 2. The molecule has 2 atom stereocenters. The van der Waals surface area contributed by atoms with Crippen molar-refractivity contribution in [2.75, 3.05) is 13.7 Å². The number of amides is 1. The van der Waals surface area contributed by atoms with Crippen molar-refractivity contribution in [3.8, 4) is 0 Å². The first-order chi connectivity index (χ1) is 13.5. The minimum Gasteiger partial charge on any atom is -0.465 e. The molecule has 1 saturated carbocycles. The van der Waals surface area contributed by atoms with Gasteiger partial charge in [0.05, 0.1) is 18.9 Å². The van der Waals surface area contributed by atoms with Crippen molar-refractivity contribution in [3.05, 3.63) is 26.6 Å². The number of aromatic nitrogens is 2. The van der Waals surface area contributed by atoms with E-state index in [1.54, 1.807) is 6.92 Å². The molecule has 0 spiro atoms. The fourth-order valence-electron chi connectivity index (χ4n) is 4.79. The number of fused-ring (bicyclic) bond motifs is 2. The Bertz CT molecular complexity index is 978. The minimum absolute atomic E-state index is 0.0126. The zero-order valence-corrected chi connectivity index (χ0v) is 17.1. The molecule has 3 heterocycles. The van der Waals surface area contributed by atoms with Crippen LogP contribution in [0.1, 0.15) is 59.6 Å². The Morgan fingerprint density at radius 1 is 1.25 bits per heavy atom. The average molecular weight is 404 g/mol.